The van der Waals surface area contributed by atoms with E-state index in [9.17, 15) is 0 Å². The van der Waals surface area contributed by atoms with Crippen LogP contribution in [0.1, 0.15) is 0 Å². The van der Waals surface area contributed by atoms with Gasteiger partial charge in [-0.3, -0.25) is 0 Å². The Bertz CT molecular complexity index is 251. The Labute approximate surface area is 64.4 Å². The van der Waals surface area contributed by atoms with Crippen molar-refractivity contribution >= 4 is 29.6 Å². The summed E-state index contributed by atoms with van der Waals surface area (Å²) in [6, 6.07) is 0. The van der Waals surface area contributed by atoms with Gasteiger partial charge in [0.2, 0.25) is 6.33 Å². The van der Waals surface area contributed by atoms with Crippen LogP contribution in [-0.4, -0.2) is 16.6 Å². The molecule has 4 heteroatoms. The number of aliphatic imine (C=N–C) groups is 1. The topological polar surface area (TPSA) is 32.0 Å². The van der Waals surface area contributed by atoms with E-state index >= 15 is 0 Å². The SMILES string of the molecule is C[n+]1c[nH]c(N=CC=S)c1. The van der Waals surface area contributed by atoms with Crippen molar-refractivity contribution in [3.63, 3.8) is 0 Å². The normalized spacial score (nSPS) is 10.5. The first-order valence-electron chi connectivity index (χ1n) is 2.84. The number of aryl methyl sites for hydroxylation is 1. The maximum Gasteiger partial charge on any atom is 0.258 e. The number of hydrogen-bond donors (Lipinski definition) is 1. The van der Waals surface area contributed by atoms with Crippen LogP contribution in [0.15, 0.2) is 17.5 Å². The number of H-pyrrole nitrogens is 1. The minimum atomic E-state index is 0.809. The zero-order valence-corrected chi connectivity index (χ0v) is 6.43. The van der Waals surface area contributed by atoms with Crippen LogP contribution < -0.4 is 4.57 Å². The van der Waals surface area contributed by atoms with Gasteiger partial charge in [0, 0.05) is 11.6 Å². The van der Waals surface area contributed by atoms with E-state index in [1.807, 2.05) is 24.1 Å². The van der Waals surface area contributed by atoms with E-state index in [1.54, 1.807) is 6.21 Å². The van der Waals surface area contributed by atoms with Crippen molar-refractivity contribution < 1.29 is 4.57 Å². The molecule has 1 heterocycles. The Balaban J connectivity index is 2.75. The van der Waals surface area contributed by atoms with E-state index in [2.05, 4.69) is 22.2 Å². The molecular weight excluding hydrogens is 146 g/mol. The van der Waals surface area contributed by atoms with Gasteiger partial charge in [0.25, 0.3) is 5.82 Å². The molecule has 52 valence electrons. The van der Waals surface area contributed by atoms with Gasteiger partial charge in [-0.1, -0.05) is 12.2 Å². The maximum atomic E-state index is 4.56. The summed E-state index contributed by atoms with van der Waals surface area (Å²) in [4.78, 5) is 6.92. The fourth-order valence-corrected chi connectivity index (χ4v) is 0.678. The number of rotatable bonds is 2. The van der Waals surface area contributed by atoms with E-state index < -0.39 is 0 Å². The van der Waals surface area contributed by atoms with Crippen LogP contribution in [0.25, 0.3) is 0 Å². The fraction of sp³-hybridized carbons (Fsp3) is 0.167. The third-order valence-corrected chi connectivity index (χ3v) is 1.14. The second kappa shape index (κ2) is 3.22. The quantitative estimate of drug-likeness (QED) is 0.376. The van der Waals surface area contributed by atoms with Crippen molar-refractivity contribution in [3.8, 4) is 0 Å². The molecule has 1 rings (SSSR count). The van der Waals surface area contributed by atoms with Crippen LogP contribution in [0.3, 0.4) is 0 Å². The van der Waals surface area contributed by atoms with Gasteiger partial charge >= 0.3 is 0 Å². The van der Waals surface area contributed by atoms with Gasteiger partial charge in [-0.05, 0) is 0 Å². The van der Waals surface area contributed by atoms with E-state index in [4.69, 9.17) is 0 Å². The lowest BCUT2D eigenvalue weighted by atomic mass is 10.7. The van der Waals surface area contributed by atoms with E-state index in [1.165, 1.54) is 5.37 Å². The average molecular weight is 154 g/mol. The number of aromatic amines is 1. The first-order chi connectivity index (χ1) is 4.83. The van der Waals surface area contributed by atoms with E-state index in [-0.39, 0.29) is 0 Å². The minimum Gasteiger partial charge on any atom is -0.237 e. The van der Waals surface area contributed by atoms with Crippen molar-refractivity contribution in [3.05, 3.63) is 12.5 Å². The average Bonchev–Trinajstić information content (AvgIpc) is 2.31. The number of thiocarbonyl (C=S) groups is 1. The predicted octanol–water partition coefficient (Wildman–Crippen LogP) is 0.541. The highest BCUT2D eigenvalue weighted by atomic mass is 32.1. The lowest BCUT2D eigenvalue weighted by Crippen LogP contribution is -2.22. The number of imidazole rings is 1. The molecule has 1 N–H and O–H groups in total. The van der Waals surface area contributed by atoms with Gasteiger partial charge < -0.3 is 0 Å². The lowest BCUT2D eigenvalue weighted by molar-refractivity contribution is -0.669. The monoisotopic (exact) mass is 154 g/mol. The number of nitrogens with one attached hydrogen (secondary N) is 1. The summed E-state index contributed by atoms with van der Waals surface area (Å²) in [5.41, 5.74) is 0. The summed E-state index contributed by atoms with van der Waals surface area (Å²) in [7, 11) is 1.92. The molecule has 0 aliphatic rings. The molecule has 0 amide bonds. The summed E-state index contributed by atoms with van der Waals surface area (Å²) in [5, 5.41) is 1.47. The Kier molecular flexibility index (Phi) is 2.28. The predicted molar refractivity (Wildman–Crippen MR) is 43.8 cm³/mol. The van der Waals surface area contributed by atoms with Gasteiger partial charge in [0.15, 0.2) is 6.20 Å². The molecule has 0 radical (unpaired) electrons. The lowest BCUT2D eigenvalue weighted by Gasteiger charge is -1.72. The van der Waals surface area contributed by atoms with Crippen molar-refractivity contribution in [1.82, 2.24) is 4.98 Å². The number of aromatic nitrogens is 2. The molecule has 3 nitrogen and oxygen atoms in total. The van der Waals surface area contributed by atoms with Crippen molar-refractivity contribution in [1.29, 1.82) is 0 Å². The van der Waals surface area contributed by atoms with Crippen LogP contribution in [0, 0.1) is 0 Å². The number of nitrogens with zero attached hydrogens (tertiary/aromatic N) is 2. The van der Waals surface area contributed by atoms with Crippen molar-refractivity contribution in [2.45, 2.75) is 0 Å². The smallest absolute Gasteiger partial charge is 0.237 e. The summed E-state index contributed by atoms with van der Waals surface area (Å²) in [6.45, 7) is 0. The molecule has 0 saturated heterocycles. The van der Waals surface area contributed by atoms with Crippen molar-refractivity contribution in [2.24, 2.45) is 12.0 Å². The maximum absolute atomic E-state index is 4.56. The molecule has 0 aliphatic carbocycles. The molecule has 0 spiro atoms. The molecule has 0 unspecified atom stereocenters. The van der Waals surface area contributed by atoms with Gasteiger partial charge in [-0.2, -0.15) is 0 Å². The molecule has 0 fully saturated rings. The summed E-state index contributed by atoms with van der Waals surface area (Å²) < 4.78 is 1.88. The fourth-order valence-electron chi connectivity index (χ4n) is 0.617. The molecule has 10 heavy (non-hydrogen) atoms. The van der Waals surface area contributed by atoms with E-state index in [0.717, 1.165) is 5.82 Å². The number of hydrogen-bond acceptors (Lipinski definition) is 2. The van der Waals surface area contributed by atoms with Gasteiger partial charge in [0.05, 0.1) is 7.05 Å². The van der Waals surface area contributed by atoms with Gasteiger partial charge in [-0.15, -0.1) is 0 Å². The summed E-state index contributed by atoms with van der Waals surface area (Å²) in [5.74, 6) is 0.809. The highest BCUT2D eigenvalue weighted by Gasteiger charge is 1.95. The molecular formula is C6H8N3S+. The minimum absolute atomic E-state index is 0.809. The zero-order valence-electron chi connectivity index (χ0n) is 5.61. The zero-order chi connectivity index (χ0) is 7.40. The summed E-state index contributed by atoms with van der Waals surface area (Å²) in [6.07, 6.45) is 5.26. The molecule has 1 aromatic heterocycles. The highest BCUT2D eigenvalue weighted by Crippen LogP contribution is 1.99. The van der Waals surface area contributed by atoms with Crippen LogP contribution in [0.5, 0.6) is 0 Å². The van der Waals surface area contributed by atoms with Crippen molar-refractivity contribution in [2.75, 3.05) is 0 Å². The second-order valence-electron chi connectivity index (χ2n) is 1.87. The summed E-state index contributed by atoms with van der Waals surface area (Å²) >= 11 is 4.56. The Morgan fingerprint density at radius 3 is 3.10 bits per heavy atom. The molecule has 0 aliphatic heterocycles. The van der Waals surface area contributed by atoms with E-state index in [0.29, 0.717) is 0 Å². The third-order valence-electron chi connectivity index (χ3n) is 1.02. The third kappa shape index (κ3) is 1.73. The standard InChI is InChI=1S/C6H7N3S/c1-9-4-6(8-5-9)7-2-3-10/h2-5H,1H3/p+1. The Hall–Kier alpha value is -1.03. The largest absolute Gasteiger partial charge is 0.258 e. The molecule has 0 atom stereocenters. The van der Waals surface area contributed by atoms with Crippen LogP contribution in [0.4, 0.5) is 5.82 Å². The first kappa shape index (κ1) is 7.08. The Morgan fingerprint density at radius 1 is 1.80 bits per heavy atom. The molecule has 0 aromatic carbocycles. The Morgan fingerprint density at radius 2 is 2.60 bits per heavy atom. The molecule has 0 saturated carbocycles. The molecule has 0 bridgehead atoms. The van der Waals surface area contributed by atoms with Crippen LogP contribution >= 0.6 is 12.2 Å². The van der Waals surface area contributed by atoms with Gasteiger partial charge in [-0.25, -0.2) is 14.5 Å². The van der Waals surface area contributed by atoms with Crippen LogP contribution in [0.2, 0.25) is 0 Å². The first-order valence-corrected chi connectivity index (χ1v) is 3.31. The highest BCUT2D eigenvalue weighted by molar-refractivity contribution is 7.80. The molecule has 1 aromatic rings. The van der Waals surface area contributed by atoms with Crippen LogP contribution in [-0.2, 0) is 7.05 Å². The second-order valence-corrected chi connectivity index (χ2v) is 2.14. The van der Waals surface area contributed by atoms with Gasteiger partial charge in [0.1, 0.15) is 0 Å².